The van der Waals surface area contributed by atoms with E-state index in [0.717, 1.165) is 0 Å². The molecule has 0 fully saturated rings. The van der Waals surface area contributed by atoms with E-state index in [1.807, 2.05) is 21.1 Å². The van der Waals surface area contributed by atoms with E-state index < -0.39 is 18.0 Å². The third kappa shape index (κ3) is 11.1. The first kappa shape index (κ1) is 16.6. The van der Waals surface area contributed by atoms with Crippen LogP contribution in [0, 0.1) is 0 Å². The van der Waals surface area contributed by atoms with Crippen molar-refractivity contribution in [3.8, 4) is 0 Å². The highest BCUT2D eigenvalue weighted by atomic mass is 35.5. The highest BCUT2D eigenvalue weighted by Crippen LogP contribution is 2.04. The highest BCUT2D eigenvalue weighted by molar-refractivity contribution is 5.85. The summed E-state index contributed by atoms with van der Waals surface area (Å²) in [6.45, 7) is 1.77. The summed E-state index contributed by atoms with van der Waals surface area (Å²) in [6, 6.07) is 0. The van der Waals surface area contributed by atoms with Gasteiger partial charge < -0.3 is 14.3 Å². The monoisotopic (exact) mass is 240 g/mol. The van der Waals surface area contributed by atoms with Crippen molar-refractivity contribution in [1.29, 1.82) is 0 Å². The lowest BCUT2D eigenvalue weighted by atomic mass is 10.2. The fourth-order valence-electron chi connectivity index (χ4n) is 1.18. The number of hydrogen-bond acceptors (Lipinski definition) is 3. The van der Waals surface area contributed by atoms with Crippen molar-refractivity contribution >= 4 is 24.3 Å². The van der Waals surface area contributed by atoms with E-state index in [9.17, 15) is 9.59 Å². The van der Waals surface area contributed by atoms with Crippen LogP contribution in [0.25, 0.3) is 0 Å². The smallest absolute Gasteiger partial charge is 0.307 e. The third-order valence-corrected chi connectivity index (χ3v) is 1.49. The van der Waals surface area contributed by atoms with Gasteiger partial charge in [-0.25, -0.2) is 0 Å². The van der Waals surface area contributed by atoms with Gasteiger partial charge >= 0.3 is 11.9 Å². The van der Waals surface area contributed by atoms with Crippen LogP contribution < -0.4 is 0 Å². The summed E-state index contributed by atoms with van der Waals surface area (Å²) in [7, 11) is 5.75. The molecule has 0 aliphatic heterocycles. The maximum absolute atomic E-state index is 10.7. The molecule has 0 saturated heterocycles. The van der Waals surface area contributed by atoms with Crippen LogP contribution in [-0.4, -0.2) is 55.3 Å². The van der Waals surface area contributed by atoms with Crippen molar-refractivity contribution in [1.82, 2.24) is 0 Å². The number of carbonyl (C=O) groups excluding carboxylic acids is 1. The van der Waals surface area contributed by atoms with Crippen LogP contribution in [0.3, 0.4) is 0 Å². The molecule has 0 aromatic heterocycles. The molecule has 1 atom stereocenters. The molecule has 0 amide bonds. The van der Waals surface area contributed by atoms with Crippen molar-refractivity contribution < 1.29 is 23.9 Å². The first-order chi connectivity index (χ1) is 6.20. The predicted octanol–water partition coefficient (Wildman–Crippen LogP) is 0.521. The van der Waals surface area contributed by atoms with E-state index in [0.29, 0.717) is 11.0 Å². The van der Waals surface area contributed by atoms with Crippen molar-refractivity contribution in [2.24, 2.45) is 0 Å². The van der Waals surface area contributed by atoms with Crippen molar-refractivity contribution in [2.75, 3.05) is 27.7 Å². The number of halogens is 1. The first-order valence-corrected chi connectivity index (χ1v) is 4.40. The molecule has 0 radical (unpaired) electrons. The first-order valence-electron chi connectivity index (χ1n) is 4.40. The molecule has 0 aliphatic rings. The molecule has 90 valence electrons. The molecule has 0 spiro atoms. The maximum atomic E-state index is 10.7. The molecule has 1 N–H and O–H groups in total. The van der Waals surface area contributed by atoms with Gasteiger partial charge in [0.25, 0.3) is 0 Å². The maximum Gasteiger partial charge on any atom is 0.307 e. The number of carbonyl (C=O) groups is 2. The fourth-order valence-corrected chi connectivity index (χ4v) is 1.18. The van der Waals surface area contributed by atoms with Gasteiger partial charge in [-0.15, -0.1) is 12.4 Å². The van der Waals surface area contributed by atoms with Gasteiger partial charge in [0.15, 0.2) is 6.10 Å². The molecule has 1 unspecified atom stereocenters. The van der Waals surface area contributed by atoms with E-state index in [1.54, 1.807) is 0 Å². The predicted molar refractivity (Wildman–Crippen MR) is 58.0 cm³/mol. The van der Waals surface area contributed by atoms with Gasteiger partial charge in [-0.1, -0.05) is 0 Å². The van der Waals surface area contributed by atoms with Crippen molar-refractivity contribution in [3.63, 3.8) is 0 Å². The fraction of sp³-hybridized carbons (Fsp3) is 0.778. The van der Waals surface area contributed by atoms with Gasteiger partial charge in [-0.3, -0.25) is 9.59 Å². The Morgan fingerprint density at radius 1 is 1.33 bits per heavy atom. The number of quaternary nitrogens is 1. The number of hydrogen-bond donors (Lipinski definition) is 1. The largest absolute Gasteiger partial charge is 0.481 e. The quantitative estimate of drug-likeness (QED) is 0.562. The average molecular weight is 241 g/mol. The molecule has 0 rings (SSSR count). The summed E-state index contributed by atoms with van der Waals surface area (Å²) in [5.41, 5.74) is 0. The SMILES string of the molecule is CC(=O)OC(CC(=O)O)C[N+](C)(C)C.Cl. The molecule has 0 aromatic rings. The Bertz CT molecular complexity index is 209. The van der Waals surface area contributed by atoms with Crippen LogP contribution in [0.5, 0.6) is 0 Å². The molecule has 0 saturated carbocycles. The van der Waals surface area contributed by atoms with Crippen LogP contribution in [0.1, 0.15) is 13.3 Å². The average Bonchev–Trinajstić information content (AvgIpc) is 1.77. The van der Waals surface area contributed by atoms with E-state index in [2.05, 4.69) is 0 Å². The van der Waals surface area contributed by atoms with E-state index in [4.69, 9.17) is 9.84 Å². The minimum Gasteiger partial charge on any atom is -0.481 e. The molecule has 0 bridgehead atoms. The molecule has 0 aliphatic carbocycles. The Labute approximate surface area is 96.0 Å². The number of carboxylic acid groups (broad SMARTS) is 1. The van der Waals surface area contributed by atoms with Gasteiger partial charge in [-0.2, -0.15) is 0 Å². The second-order valence-corrected chi connectivity index (χ2v) is 4.30. The normalized spacial score (nSPS) is 12.5. The molecular formula is C9H19ClNO4+. The number of nitrogens with zero attached hydrogens (tertiary/aromatic N) is 1. The third-order valence-electron chi connectivity index (χ3n) is 1.49. The van der Waals surface area contributed by atoms with Gasteiger partial charge in [0.2, 0.25) is 0 Å². The lowest BCUT2D eigenvalue weighted by Gasteiger charge is -2.28. The van der Waals surface area contributed by atoms with Crippen LogP contribution in [0.15, 0.2) is 0 Å². The number of esters is 1. The Kier molecular flexibility index (Phi) is 7.35. The van der Waals surface area contributed by atoms with Gasteiger partial charge in [-0.05, 0) is 0 Å². The van der Waals surface area contributed by atoms with Crippen LogP contribution in [0.4, 0.5) is 0 Å². The van der Waals surface area contributed by atoms with Crippen LogP contribution in [0.2, 0.25) is 0 Å². The molecule has 5 nitrogen and oxygen atoms in total. The van der Waals surface area contributed by atoms with Gasteiger partial charge in [0, 0.05) is 6.92 Å². The Balaban J connectivity index is 0. The van der Waals surface area contributed by atoms with Crippen LogP contribution >= 0.6 is 12.4 Å². The second kappa shape index (κ2) is 6.63. The topological polar surface area (TPSA) is 63.6 Å². The Morgan fingerprint density at radius 2 is 1.80 bits per heavy atom. The molecule has 0 aromatic carbocycles. The number of aliphatic carboxylic acids is 1. The standard InChI is InChI=1S/C9H17NO4.ClH/c1-7(11)14-8(5-9(12)13)6-10(2,3)4;/h8H,5-6H2,1-4H3;1H/p+1. The number of likely N-dealkylation sites (N-methyl/N-ethyl adjacent to an activating group) is 1. The molecule has 0 heterocycles. The van der Waals surface area contributed by atoms with E-state index in [1.165, 1.54) is 6.92 Å². The van der Waals surface area contributed by atoms with Crippen LogP contribution in [-0.2, 0) is 14.3 Å². The highest BCUT2D eigenvalue weighted by Gasteiger charge is 2.23. The van der Waals surface area contributed by atoms with Crippen molar-refractivity contribution in [3.05, 3.63) is 0 Å². The van der Waals surface area contributed by atoms with Gasteiger partial charge in [0.05, 0.1) is 27.6 Å². The lowest BCUT2D eigenvalue weighted by molar-refractivity contribution is -0.873. The van der Waals surface area contributed by atoms with E-state index >= 15 is 0 Å². The molecule has 15 heavy (non-hydrogen) atoms. The van der Waals surface area contributed by atoms with Crippen molar-refractivity contribution in [2.45, 2.75) is 19.4 Å². The minimum absolute atomic E-state index is 0. The minimum atomic E-state index is -0.954. The Hall–Kier alpha value is -0.810. The molecule has 6 heteroatoms. The summed E-state index contributed by atoms with van der Waals surface area (Å²) in [5, 5.41) is 8.60. The number of rotatable bonds is 5. The summed E-state index contributed by atoms with van der Waals surface area (Å²) >= 11 is 0. The summed E-state index contributed by atoms with van der Waals surface area (Å²) in [6.07, 6.45) is -0.695. The Morgan fingerprint density at radius 3 is 2.07 bits per heavy atom. The summed E-state index contributed by atoms with van der Waals surface area (Å²) < 4.78 is 5.46. The zero-order valence-electron chi connectivity index (χ0n) is 9.52. The zero-order chi connectivity index (χ0) is 11.4. The second-order valence-electron chi connectivity index (χ2n) is 4.30. The molecular weight excluding hydrogens is 222 g/mol. The lowest BCUT2D eigenvalue weighted by Crippen LogP contribution is -2.43. The summed E-state index contributed by atoms with van der Waals surface area (Å²) in [5.74, 6) is -1.39. The number of carboxylic acids is 1. The number of ether oxygens (including phenoxy) is 1. The zero-order valence-corrected chi connectivity index (χ0v) is 10.3. The van der Waals surface area contributed by atoms with Gasteiger partial charge in [0.1, 0.15) is 6.54 Å². The summed E-state index contributed by atoms with van der Waals surface area (Å²) in [4.78, 5) is 21.2. The van der Waals surface area contributed by atoms with E-state index in [-0.39, 0.29) is 18.8 Å².